The van der Waals surface area contributed by atoms with Crippen LogP contribution in [0.15, 0.2) is 24.3 Å². The first-order chi connectivity index (χ1) is 9.84. The lowest BCUT2D eigenvalue weighted by molar-refractivity contribution is -0.148. The molecule has 0 bridgehead atoms. The van der Waals surface area contributed by atoms with Gasteiger partial charge in [-0.2, -0.15) is 13.2 Å². The molecule has 0 aliphatic carbocycles. The summed E-state index contributed by atoms with van der Waals surface area (Å²) in [6, 6.07) is 6.69. The van der Waals surface area contributed by atoms with Crippen LogP contribution >= 0.6 is 0 Å². The number of nitrogens with one attached hydrogen (secondary N) is 1. The van der Waals surface area contributed by atoms with Gasteiger partial charge in [0.05, 0.1) is 19.7 Å². The minimum atomic E-state index is -4.42. The van der Waals surface area contributed by atoms with E-state index < -0.39 is 31.8 Å². The molecule has 21 heavy (non-hydrogen) atoms. The third kappa shape index (κ3) is 7.07. The summed E-state index contributed by atoms with van der Waals surface area (Å²) in [7, 11) is 0. The van der Waals surface area contributed by atoms with Gasteiger partial charge in [0.2, 0.25) is 5.91 Å². The van der Waals surface area contributed by atoms with Gasteiger partial charge in [0, 0.05) is 18.8 Å². The molecule has 8 heteroatoms. The van der Waals surface area contributed by atoms with Gasteiger partial charge in [-0.05, 0) is 17.7 Å². The molecule has 0 aliphatic heterocycles. The average molecular weight is 305 g/mol. The number of nitrogens with two attached hydrogens (primary N) is 1. The summed E-state index contributed by atoms with van der Waals surface area (Å²) in [4.78, 5) is 12.5. The number of nitrogens with zero attached hydrogens (tertiary/aromatic N) is 1. The molecule has 0 aromatic heterocycles. The normalized spacial score (nSPS) is 11.7. The third-order valence-electron chi connectivity index (χ3n) is 2.66. The number of aliphatic hydroxyl groups excluding tert-OH is 1. The van der Waals surface area contributed by atoms with E-state index in [0.29, 0.717) is 12.2 Å². The van der Waals surface area contributed by atoms with Crippen LogP contribution in [-0.2, 0) is 11.3 Å². The van der Waals surface area contributed by atoms with Crippen LogP contribution in [0.25, 0.3) is 0 Å². The van der Waals surface area contributed by atoms with Crippen LogP contribution in [0.2, 0.25) is 0 Å². The molecule has 0 saturated heterocycles. The summed E-state index contributed by atoms with van der Waals surface area (Å²) in [5.41, 5.74) is 6.80. The smallest absolute Gasteiger partial charge is 0.395 e. The molecule has 0 heterocycles. The number of rotatable bonds is 7. The molecule has 0 saturated carbocycles. The Labute approximate surface area is 120 Å². The molecule has 0 unspecified atom stereocenters. The second-order valence-corrected chi connectivity index (χ2v) is 4.50. The highest BCUT2D eigenvalue weighted by atomic mass is 19.4. The molecule has 1 amide bonds. The number of hydrogen-bond acceptors (Lipinski definition) is 4. The quantitative estimate of drug-likeness (QED) is 0.700. The minimum absolute atomic E-state index is 0.223. The van der Waals surface area contributed by atoms with Gasteiger partial charge in [-0.15, -0.1) is 0 Å². The number of amides is 1. The molecule has 4 N–H and O–H groups in total. The van der Waals surface area contributed by atoms with Crippen LogP contribution in [0, 0.1) is 0 Å². The molecular formula is C13H18F3N3O2. The molecule has 1 rings (SSSR count). The molecule has 0 fully saturated rings. The van der Waals surface area contributed by atoms with Gasteiger partial charge in [-0.3, -0.25) is 9.69 Å². The largest absolute Gasteiger partial charge is 0.401 e. The molecule has 0 radical (unpaired) electrons. The van der Waals surface area contributed by atoms with Gasteiger partial charge in [0.15, 0.2) is 0 Å². The Kier molecular flexibility index (Phi) is 6.60. The van der Waals surface area contributed by atoms with Crippen molar-refractivity contribution in [2.24, 2.45) is 5.73 Å². The van der Waals surface area contributed by atoms with Crippen molar-refractivity contribution in [3.8, 4) is 0 Å². The topological polar surface area (TPSA) is 78.6 Å². The number of alkyl halides is 3. The Morgan fingerprint density at radius 1 is 1.29 bits per heavy atom. The zero-order valence-electron chi connectivity index (χ0n) is 11.4. The van der Waals surface area contributed by atoms with E-state index in [2.05, 4.69) is 5.32 Å². The van der Waals surface area contributed by atoms with E-state index in [9.17, 15) is 18.0 Å². The number of carbonyl (C=O) groups excluding carboxylic acids is 1. The molecule has 0 atom stereocenters. The van der Waals surface area contributed by atoms with Gasteiger partial charge in [-0.25, -0.2) is 0 Å². The van der Waals surface area contributed by atoms with E-state index in [1.54, 1.807) is 24.3 Å². The molecule has 0 aliphatic rings. The predicted octanol–water partition coefficient (Wildman–Crippen LogP) is 0.940. The zero-order valence-corrected chi connectivity index (χ0v) is 11.4. The maximum Gasteiger partial charge on any atom is 0.401 e. The first kappa shape index (κ1) is 17.4. The minimum Gasteiger partial charge on any atom is -0.395 e. The molecule has 5 nitrogen and oxygen atoms in total. The van der Waals surface area contributed by atoms with Gasteiger partial charge in [0.25, 0.3) is 0 Å². The fourth-order valence-electron chi connectivity index (χ4n) is 1.74. The zero-order chi connectivity index (χ0) is 15.9. The summed E-state index contributed by atoms with van der Waals surface area (Å²) in [6.45, 7) is -2.00. The number of hydrogen-bond donors (Lipinski definition) is 3. The van der Waals surface area contributed by atoms with E-state index >= 15 is 0 Å². The first-order valence-corrected chi connectivity index (χ1v) is 6.33. The van der Waals surface area contributed by atoms with Gasteiger partial charge in [0.1, 0.15) is 0 Å². The van der Waals surface area contributed by atoms with E-state index in [1.165, 1.54) is 0 Å². The fourth-order valence-corrected chi connectivity index (χ4v) is 1.74. The Morgan fingerprint density at radius 3 is 2.38 bits per heavy atom. The van der Waals surface area contributed by atoms with Gasteiger partial charge < -0.3 is 16.2 Å². The molecule has 0 spiro atoms. The number of aliphatic hydroxyl groups is 1. The van der Waals surface area contributed by atoms with Crippen molar-refractivity contribution in [1.82, 2.24) is 4.90 Å². The number of halogens is 3. The highest BCUT2D eigenvalue weighted by Gasteiger charge is 2.31. The highest BCUT2D eigenvalue weighted by molar-refractivity contribution is 5.92. The van der Waals surface area contributed by atoms with Crippen LogP contribution in [0.1, 0.15) is 5.56 Å². The van der Waals surface area contributed by atoms with E-state index in [-0.39, 0.29) is 6.54 Å². The molecular weight excluding hydrogens is 287 g/mol. The van der Waals surface area contributed by atoms with Crippen LogP contribution < -0.4 is 11.1 Å². The van der Waals surface area contributed by atoms with Crippen molar-refractivity contribution in [2.45, 2.75) is 12.7 Å². The van der Waals surface area contributed by atoms with Gasteiger partial charge in [-0.1, -0.05) is 12.1 Å². The lowest BCUT2D eigenvalue weighted by Gasteiger charge is -2.22. The summed E-state index contributed by atoms with van der Waals surface area (Å²) in [5.74, 6) is -0.576. The fraction of sp³-hybridized carbons (Fsp3) is 0.462. The highest BCUT2D eigenvalue weighted by Crippen LogP contribution is 2.16. The van der Waals surface area contributed by atoms with Crippen LogP contribution in [0.5, 0.6) is 0 Å². The third-order valence-corrected chi connectivity index (χ3v) is 2.66. The van der Waals surface area contributed by atoms with Gasteiger partial charge >= 0.3 is 6.18 Å². The van der Waals surface area contributed by atoms with Crippen LogP contribution in [0.3, 0.4) is 0 Å². The second-order valence-electron chi connectivity index (χ2n) is 4.50. The number of benzene rings is 1. The summed E-state index contributed by atoms with van der Waals surface area (Å²) in [5, 5.41) is 11.2. The Hall–Kier alpha value is -1.64. The number of carbonyl (C=O) groups is 1. The van der Waals surface area contributed by atoms with Crippen LogP contribution in [-0.4, -0.2) is 48.3 Å². The Bertz CT molecular complexity index is 449. The van der Waals surface area contributed by atoms with Crippen molar-refractivity contribution in [1.29, 1.82) is 0 Å². The summed E-state index contributed by atoms with van der Waals surface area (Å²) < 4.78 is 37.0. The summed E-state index contributed by atoms with van der Waals surface area (Å²) >= 11 is 0. The Balaban J connectivity index is 2.56. The van der Waals surface area contributed by atoms with Crippen LogP contribution in [0.4, 0.5) is 18.9 Å². The molecule has 118 valence electrons. The van der Waals surface area contributed by atoms with Crippen molar-refractivity contribution in [3.63, 3.8) is 0 Å². The van der Waals surface area contributed by atoms with E-state index in [4.69, 9.17) is 10.8 Å². The lowest BCUT2D eigenvalue weighted by Crippen LogP contribution is -2.41. The van der Waals surface area contributed by atoms with E-state index in [0.717, 1.165) is 10.5 Å². The van der Waals surface area contributed by atoms with Crippen molar-refractivity contribution in [3.05, 3.63) is 29.8 Å². The average Bonchev–Trinajstić information content (AvgIpc) is 2.37. The monoisotopic (exact) mass is 305 g/mol. The first-order valence-electron chi connectivity index (χ1n) is 6.33. The van der Waals surface area contributed by atoms with E-state index in [1.807, 2.05) is 0 Å². The summed E-state index contributed by atoms with van der Waals surface area (Å²) in [6.07, 6.45) is -4.42. The predicted molar refractivity (Wildman–Crippen MR) is 72.5 cm³/mol. The maximum atomic E-state index is 12.3. The van der Waals surface area contributed by atoms with Crippen molar-refractivity contribution in [2.75, 3.05) is 31.6 Å². The van der Waals surface area contributed by atoms with Crippen molar-refractivity contribution >= 4 is 11.6 Å². The standard InChI is InChI=1S/C13H18F3N3O2/c14-13(15,16)9-19(5-6-20)8-12(21)18-11-3-1-10(7-17)2-4-11/h1-4,20H,5-9,17H2,(H,18,21). The lowest BCUT2D eigenvalue weighted by atomic mass is 10.2. The van der Waals surface area contributed by atoms with Crippen molar-refractivity contribution < 1.29 is 23.1 Å². The Morgan fingerprint density at radius 2 is 1.90 bits per heavy atom. The SMILES string of the molecule is NCc1ccc(NC(=O)CN(CCO)CC(F)(F)F)cc1. The second kappa shape index (κ2) is 7.96. The maximum absolute atomic E-state index is 12.3. The number of anilines is 1. The molecule has 1 aromatic carbocycles. The molecule has 1 aromatic rings.